The number of anilines is 2. The highest BCUT2D eigenvalue weighted by Crippen LogP contribution is 2.35. The van der Waals surface area contributed by atoms with E-state index in [2.05, 4.69) is 20.3 Å². The van der Waals surface area contributed by atoms with Crippen LogP contribution in [-0.4, -0.2) is 28.6 Å². The van der Waals surface area contributed by atoms with E-state index < -0.39 is 41.9 Å². The lowest BCUT2D eigenvalue weighted by molar-refractivity contribution is 0.102. The predicted octanol–water partition coefficient (Wildman–Crippen LogP) is 2.80. The molecule has 1 aromatic carbocycles. The number of amidine groups is 1. The molecule has 0 bridgehead atoms. The summed E-state index contributed by atoms with van der Waals surface area (Å²) in [5.74, 6) is -2.17. The number of nitrogens with two attached hydrogens (primary N) is 2. The van der Waals surface area contributed by atoms with Crippen molar-refractivity contribution in [2.45, 2.75) is 18.9 Å². The van der Waals surface area contributed by atoms with Crippen LogP contribution in [0.4, 0.5) is 29.1 Å². The van der Waals surface area contributed by atoms with Crippen LogP contribution in [0.2, 0.25) is 0 Å². The molecule has 1 aliphatic rings. The molecule has 12 heteroatoms. The highest BCUT2D eigenvalue weighted by molar-refractivity contribution is 6.05. The molecule has 1 aliphatic heterocycles. The summed E-state index contributed by atoms with van der Waals surface area (Å²) in [6, 6.07) is 3.24. The van der Waals surface area contributed by atoms with Crippen molar-refractivity contribution in [1.82, 2.24) is 9.97 Å². The highest BCUT2D eigenvalue weighted by Gasteiger charge is 2.32. The third-order valence-corrected chi connectivity index (χ3v) is 4.18. The first kappa shape index (κ1) is 21.0. The second-order valence-corrected chi connectivity index (χ2v) is 6.42. The topological polar surface area (TPSA) is 129 Å². The van der Waals surface area contributed by atoms with Crippen molar-refractivity contribution in [3.05, 3.63) is 59.0 Å². The van der Waals surface area contributed by atoms with Gasteiger partial charge in [0.25, 0.3) is 18.4 Å². The highest BCUT2D eigenvalue weighted by atomic mass is 19.3. The van der Waals surface area contributed by atoms with Gasteiger partial charge in [0.15, 0.2) is 11.5 Å². The van der Waals surface area contributed by atoms with Crippen LogP contribution in [0.5, 0.6) is 0 Å². The average molecular weight is 424 g/mol. The minimum atomic E-state index is -2.90. The quantitative estimate of drug-likeness (QED) is 0.633. The van der Waals surface area contributed by atoms with Crippen LogP contribution in [0.15, 0.2) is 41.2 Å². The Balaban J connectivity index is 1.92. The summed E-state index contributed by atoms with van der Waals surface area (Å²) in [5.41, 5.74) is 8.73. The van der Waals surface area contributed by atoms with Crippen LogP contribution < -0.4 is 16.8 Å². The summed E-state index contributed by atoms with van der Waals surface area (Å²) >= 11 is 0. The van der Waals surface area contributed by atoms with E-state index in [1.807, 2.05) is 0 Å². The van der Waals surface area contributed by atoms with E-state index in [1.165, 1.54) is 25.1 Å². The van der Waals surface area contributed by atoms with Crippen molar-refractivity contribution in [3.8, 4) is 0 Å². The monoisotopic (exact) mass is 424 g/mol. The number of allylic oxidation sites excluding steroid dienone is 1. The van der Waals surface area contributed by atoms with Gasteiger partial charge in [-0.2, -0.15) is 0 Å². The Labute approximate surface area is 167 Å². The first-order valence-electron chi connectivity index (χ1n) is 8.45. The second kappa shape index (κ2) is 7.97. The maximum atomic E-state index is 14.5. The number of rotatable bonds is 5. The molecule has 158 valence electrons. The first-order valence-corrected chi connectivity index (χ1v) is 8.45. The average Bonchev–Trinajstić information content (AvgIpc) is 2.68. The van der Waals surface area contributed by atoms with Gasteiger partial charge in [0.1, 0.15) is 29.5 Å². The fourth-order valence-electron chi connectivity index (χ4n) is 2.84. The van der Waals surface area contributed by atoms with Gasteiger partial charge in [0, 0.05) is 11.3 Å². The number of amides is 1. The molecule has 5 N–H and O–H groups in total. The van der Waals surface area contributed by atoms with Crippen molar-refractivity contribution in [1.29, 1.82) is 0 Å². The van der Waals surface area contributed by atoms with Crippen LogP contribution in [0.25, 0.3) is 0 Å². The zero-order chi connectivity index (χ0) is 22.1. The van der Waals surface area contributed by atoms with Gasteiger partial charge < -0.3 is 21.5 Å². The van der Waals surface area contributed by atoms with E-state index >= 15 is 0 Å². The van der Waals surface area contributed by atoms with Gasteiger partial charge in [-0.3, -0.25) is 4.79 Å². The lowest BCUT2D eigenvalue weighted by Crippen LogP contribution is -2.31. The third kappa shape index (κ3) is 4.16. The van der Waals surface area contributed by atoms with Crippen molar-refractivity contribution in [2.24, 2.45) is 10.7 Å². The van der Waals surface area contributed by atoms with Gasteiger partial charge >= 0.3 is 0 Å². The van der Waals surface area contributed by atoms with Crippen molar-refractivity contribution in [2.75, 3.05) is 17.7 Å². The van der Waals surface area contributed by atoms with Crippen molar-refractivity contribution in [3.63, 3.8) is 0 Å². The lowest BCUT2D eigenvalue weighted by Gasteiger charge is -2.28. The molecule has 0 unspecified atom stereocenters. The van der Waals surface area contributed by atoms with E-state index in [0.717, 1.165) is 12.3 Å². The SMILES string of the molecule is C[C@@]1(c2cc(NC(=O)c3ncc(C(F)F)nc3N)ccc2F)C=C(CF)OC(N)=N1. The van der Waals surface area contributed by atoms with Gasteiger partial charge in [-0.15, -0.1) is 0 Å². The van der Waals surface area contributed by atoms with Crippen LogP contribution in [0.1, 0.15) is 35.1 Å². The molecule has 2 heterocycles. The Morgan fingerprint density at radius 2 is 2.07 bits per heavy atom. The van der Waals surface area contributed by atoms with Crippen LogP contribution in [0.3, 0.4) is 0 Å². The summed E-state index contributed by atoms with van der Waals surface area (Å²) in [5, 5.41) is 2.43. The van der Waals surface area contributed by atoms with Gasteiger partial charge in [-0.1, -0.05) is 0 Å². The number of benzene rings is 1. The normalized spacial score (nSPS) is 18.5. The molecule has 0 radical (unpaired) electrons. The van der Waals surface area contributed by atoms with Crippen LogP contribution >= 0.6 is 0 Å². The van der Waals surface area contributed by atoms with Crippen LogP contribution in [0, 0.1) is 5.82 Å². The third-order valence-electron chi connectivity index (χ3n) is 4.18. The van der Waals surface area contributed by atoms with Crippen LogP contribution in [-0.2, 0) is 10.3 Å². The van der Waals surface area contributed by atoms with Crippen molar-refractivity contribution >= 4 is 23.4 Å². The Kier molecular flexibility index (Phi) is 5.58. The fourth-order valence-corrected chi connectivity index (χ4v) is 2.84. The number of carbonyl (C=O) groups is 1. The van der Waals surface area contributed by atoms with E-state index in [9.17, 15) is 22.4 Å². The largest absolute Gasteiger partial charge is 0.428 e. The number of hydrogen-bond donors (Lipinski definition) is 3. The molecule has 0 spiro atoms. The molecule has 8 nitrogen and oxygen atoms in total. The zero-order valence-electron chi connectivity index (χ0n) is 15.5. The Bertz CT molecular complexity index is 1060. The summed E-state index contributed by atoms with van der Waals surface area (Å²) in [6.07, 6.45) is -0.900. The molecule has 1 atom stereocenters. The van der Waals surface area contributed by atoms with E-state index in [1.54, 1.807) is 0 Å². The number of ether oxygens (including phenoxy) is 1. The number of alkyl halides is 3. The summed E-state index contributed by atoms with van der Waals surface area (Å²) in [6.45, 7) is 0.505. The van der Waals surface area contributed by atoms with E-state index in [-0.39, 0.29) is 28.7 Å². The summed E-state index contributed by atoms with van der Waals surface area (Å²) in [4.78, 5) is 23.5. The minimum absolute atomic E-state index is 0.0235. The Morgan fingerprint density at radius 1 is 1.33 bits per heavy atom. The number of nitrogens with one attached hydrogen (secondary N) is 1. The second-order valence-electron chi connectivity index (χ2n) is 6.42. The van der Waals surface area contributed by atoms with E-state index in [4.69, 9.17) is 16.2 Å². The number of carbonyl (C=O) groups excluding carboxylic acids is 1. The summed E-state index contributed by atoms with van der Waals surface area (Å²) < 4.78 is 57.8. The number of hydrogen-bond acceptors (Lipinski definition) is 7. The lowest BCUT2D eigenvalue weighted by atomic mass is 9.90. The number of aromatic nitrogens is 2. The van der Waals surface area contributed by atoms with Crippen molar-refractivity contribution < 1.29 is 27.1 Å². The van der Waals surface area contributed by atoms with Gasteiger partial charge in [-0.05, 0) is 31.2 Å². The van der Waals surface area contributed by atoms with E-state index in [0.29, 0.717) is 0 Å². The number of halogens is 4. The summed E-state index contributed by atoms with van der Waals surface area (Å²) in [7, 11) is 0. The molecule has 30 heavy (non-hydrogen) atoms. The molecule has 3 rings (SSSR count). The first-order chi connectivity index (χ1) is 14.1. The molecule has 0 saturated carbocycles. The standard InChI is InChI=1S/C18H16F4N6O2/c1-18(5-9(6-19)30-17(24)28-18)10-4-8(2-3-11(10)20)26-16(29)13-15(23)27-12(7-25-13)14(21)22/h2-5,7,14H,6H2,1H3,(H2,23,27)(H2,24,28)(H,26,29)/t18-/m0/s1. The molecule has 2 aromatic rings. The van der Waals surface area contributed by atoms with Gasteiger partial charge in [-0.25, -0.2) is 32.5 Å². The zero-order valence-corrected chi connectivity index (χ0v) is 15.5. The maximum Gasteiger partial charge on any atom is 0.288 e. The molecule has 0 fully saturated rings. The maximum absolute atomic E-state index is 14.5. The molecule has 1 aromatic heterocycles. The molecular weight excluding hydrogens is 408 g/mol. The molecule has 0 saturated heterocycles. The number of nitrogens with zero attached hydrogens (tertiary/aromatic N) is 3. The van der Waals surface area contributed by atoms with Gasteiger partial charge in [0.05, 0.1) is 6.20 Å². The molecule has 0 aliphatic carbocycles. The smallest absolute Gasteiger partial charge is 0.288 e. The number of nitrogen functional groups attached to an aromatic ring is 1. The van der Waals surface area contributed by atoms with Gasteiger partial charge in [0.2, 0.25) is 0 Å². The number of aliphatic imine (C=N–C) groups is 1. The Morgan fingerprint density at radius 3 is 2.70 bits per heavy atom. The Hall–Kier alpha value is -3.70. The molecular formula is C18H16F4N6O2. The molecule has 1 amide bonds. The minimum Gasteiger partial charge on any atom is -0.428 e. The predicted molar refractivity (Wildman–Crippen MR) is 99.9 cm³/mol. The fraction of sp³-hybridized carbons (Fsp3) is 0.222.